The van der Waals surface area contributed by atoms with Crippen LogP contribution in [0.25, 0.3) is 11.0 Å². The Morgan fingerprint density at radius 3 is 2.72 bits per heavy atom. The minimum atomic E-state index is -0.349. The Kier molecular flexibility index (Phi) is 7.72. The van der Waals surface area contributed by atoms with Crippen molar-refractivity contribution in [3.8, 4) is 0 Å². The van der Waals surface area contributed by atoms with Gasteiger partial charge in [-0.05, 0) is 69.3 Å². The van der Waals surface area contributed by atoms with Crippen LogP contribution in [-0.2, 0) is 16.0 Å². The van der Waals surface area contributed by atoms with Gasteiger partial charge in [0.25, 0.3) is 0 Å². The molecule has 1 aromatic heterocycles. The van der Waals surface area contributed by atoms with E-state index >= 15 is 0 Å². The number of nitrogens with one attached hydrogen (secondary N) is 2. The molecule has 7 nitrogen and oxygen atoms in total. The van der Waals surface area contributed by atoms with Crippen molar-refractivity contribution < 1.29 is 14.3 Å². The molecular formula is C25H36N4O3. The van der Waals surface area contributed by atoms with Crippen molar-refractivity contribution in [3.63, 3.8) is 0 Å². The topological polar surface area (TPSA) is 87.3 Å². The number of rotatable bonds is 8. The van der Waals surface area contributed by atoms with Crippen molar-refractivity contribution in [2.24, 2.45) is 23.7 Å². The first kappa shape index (κ1) is 24.0. The SMILES string of the molecule is COC(=O)c1ccc2nc(CC3CC(C(C)C)C(CNC(=O)CN(C)C)C=C3C)[nH]c2c1. The van der Waals surface area contributed by atoms with E-state index in [0.29, 0.717) is 42.3 Å². The van der Waals surface area contributed by atoms with Crippen LogP contribution < -0.4 is 5.32 Å². The molecule has 0 radical (unpaired) electrons. The lowest BCUT2D eigenvalue weighted by molar-refractivity contribution is -0.121. The van der Waals surface area contributed by atoms with Gasteiger partial charge in [-0.1, -0.05) is 25.5 Å². The highest BCUT2D eigenvalue weighted by atomic mass is 16.5. The monoisotopic (exact) mass is 440 g/mol. The van der Waals surface area contributed by atoms with Crippen molar-refractivity contribution in [2.45, 2.75) is 33.6 Å². The number of esters is 1. The fourth-order valence-electron chi connectivity index (χ4n) is 4.72. The van der Waals surface area contributed by atoms with Crippen molar-refractivity contribution in [1.82, 2.24) is 20.2 Å². The largest absolute Gasteiger partial charge is 0.465 e. The van der Waals surface area contributed by atoms with Gasteiger partial charge in [0.2, 0.25) is 5.91 Å². The second-order valence-corrected chi connectivity index (χ2v) is 9.57. The average molecular weight is 441 g/mol. The molecule has 1 heterocycles. The zero-order valence-corrected chi connectivity index (χ0v) is 20.1. The second-order valence-electron chi connectivity index (χ2n) is 9.57. The summed E-state index contributed by atoms with van der Waals surface area (Å²) in [6.45, 7) is 7.81. The van der Waals surface area contributed by atoms with Crippen molar-refractivity contribution in [3.05, 3.63) is 41.2 Å². The maximum atomic E-state index is 12.1. The van der Waals surface area contributed by atoms with E-state index in [1.165, 1.54) is 12.7 Å². The third-order valence-electron chi connectivity index (χ3n) is 6.47. The van der Waals surface area contributed by atoms with E-state index in [1.54, 1.807) is 12.1 Å². The van der Waals surface area contributed by atoms with Gasteiger partial charge in [-0.15, -0.1) is 0 Å². The maximum Gasteiger partial charge on any atom is 0.337 e. The van der Waals surface area contributed by atoms with Gasteiger partial charge >= 0.3 is 5.97 Å². The Morgan fingerprint density at radius 1 is 1.31 bits per heavy atom. The summed E-state index contributed by atoms with van der Waals surface area (Å²) < 4.78 is 4.82. The molecule has 7 heteroatoms. The van der Waals surface area contributed by atoms with Crippen LogP contribution in [0.15, 0.2) is 29.8 Å². The molecule has 174 valence electrons. The number of H-pyrrole nitrogens is 1. The van der Waals surface area contributed by atoms with Gasteiger partial charge in [0, 0.05) is 13.0 Å². The molecule has 1 aliphatic rings. The Labute approximate surface area is 190 Å². The van der Waals surface area contributed by atoms with Gasteiger partial charge in [0.05, 0.1) is 30.3 Å². The Balaban J connectivity index is 1.73. The number of aromatic amines is 1. The van der Waals surface area contributed by atoms with Gasteiger partial charge in [-0.2, -0.15) is 0 Å². The van der Waals surface area contributed by atoms with Crippen molar-refractivity contribution in [2.75, 3.05) is 34.3 Å². The molecule has 2 aromatic rings. The molecule has 2 N–H and O–H groups in total. The van der Waals surface area contributed by atoms with E-state index in [2.05, 4.69) is 37.1 Å². The number of imidazole rings is 1. The standard InChI is InChI=1S/C25H36N4O3/c1-15(2)20-10-18(16(3)9-19(20)13-26-24(30)14-29(4)5)12-23-27-21-8-7-17(25(31)32-6)11-22(21)28-23/h7-9,11,15,18-20H,10,12-14H2,1-6H3,(H,26,30)(H,27,28). The van der Waals surface area contributed by atoms with Crippen LogP contribution in [0.1, 0.15) is 43.4 Å². The molecule has 0 fully saturated rings. The summed E-state index contributed by atoms with van der Waals surface area (Å²) in [7, 11) is 5.19. The lowest BCUT2D eigenvalue weighted by Gasteiger charge is -2.37. The number of benzene rings is 1. The molecule has 1 aliphatic carbocycles. The number of ether oxygens (including phenoxy) is 1. The number of hydrogen-bond acceptors (Lipinski definition) is 5. The van der Waals surface area contributed by atoms with E-state index in [0.717, 1.165) is 29.7 Å². The maximum absolute atomic E-state index is 12.1. The molecule has 0 saturated heterocycles. The van der Waals surface area contributed by atoms with E-state index in [9.17, 15) is 9.59 Å². The number of allylic oxidation sites excluding steroid dienone is 1. The summed E-state index contributed by atoms with van der Waals surface area (Å²) in [4.78, 5) is 33.9. The molecule has 0 bridgehead atoms. The van der Waals surface area contributed by atoms with Gasteiger partial charge in [0.15, 0.2) is 0 Å². The van der Waals surface area contributed by atoms with Crippen molar-refractivity contribution in [1.29, 1.82) is 0 Å². The Bertz CT molecular complexity index is 992. The molecule has 3 rings (SSSR count). The van der Waals surface area contributed by atoms with Gasteiger partial charge in [0.1, 0.15) is 5.82 Å². The lowest BCUT2D eigenvalue weighted by atomic mass is 9.70. The van der Waals surface area contributed by atoms with Gasteiger partial charge in [-0.3, -0.25) is 4.79 Å². The summed E-state index contributed by atoms with van der Waals surface area (Å²) in [5, 5.41) is 3.11. The number of hydrogen-bond donors (Lipinski definition) is 2. The molecule has 3 atom stereocenters. The van der Waals surface area contributed by atoms with Crippen LogP contribution in [0, 0.1) is 23.7 Å². The predicted molar refractivity (Wildman–Crippen MR) is 126 cm³/mol. The average Bonchev–Trinajstić information content (AvgIpc) is 3.14. The number of nitrogens with zero attached hydrogens (tertiary/aromatic N) is 2. The predicted octanol–water partition coefficient (Wildman–Crippen LogP) is 3.42. The van der Waals surface area contributed by atoms with Crippen LogP contribution in [0.4, 0.5) is 0 Å². The first-order valence-electron chi connectivity index (χ1n) is 11.3. The molecule has 1 aromatic carbocycles. The fourth-order valence-corrected chi connectivity index (χ4v) is 4.72. The lowest BCUT2D eigenvalue weighted by Crippen LogP contribution is -2.40. The third-order valence-corrected chi connectivity index (χ3v) is 6.47. The number of amides is 1. The number of fused-ring (bicyclic) bond motifs is 1. The Morgan fingerprint density at radius 2 is 2.06 bits per heavy atom. The van der Waals surface area contributed by atoms with Crippen LogP contribution in [-0.4, -0.2) is 61.0 Å². The number of likely N-dealkylation sites (N-methyl/N-ethyl adjacent to an activating group) is 1. The molecular weight excluding hydrogens is 404 g/mol. The van der Waals surface area contributed by atoms with Gasteiger partial charge < -0.3 is 19.9 Å². The smallest absolute Gasteiger partial charge is 0.337 e. The van der Waals surface area contributed by atoms with E-state index in [-0.39, 0.29) is 11.9 Å². The second kappa shape index (κ2) is 10.3. The highest BCUT2D eigenvalue weighted by Gasteiger charge is 2.32. The summed E-state index contributed by atoms with van der Waals surface area (Å²) in [5.41, 5.74) is 3.57. The summed E-state index contributed by atoms with van der Waals surface area (Å²) in [6, 6.07) is 5.40. The quantitative estimate of drug-likeness (QED) is 0.485. The molecule has 0 spiro atoms. The highest BCUT2D eigenvalue weighted by molar-refractivity contribution is 5.93. The normalized spacial score (nSPS) is 21.1. The third kappa shape index (κ3) is 5.76. The molecule has 0 saturated carbocycles. The molecule has 1 amide bonds. The zero-order valence-electron chi connectivity index (χ0n) is 20.1. The van der Waals surface area contributed by atoms with E-state index < -0.39 is 0 Å². The minimum Gasteiger partial charge on any atom is -0.465 e. The van der Waals surface area contributed by atoms with Crippen LogP contribution in [0.3, 0.4) is 0 Å². The fraction of sp³-hybridized carbons (Fsp3) is 0.560. The first-order valence-corrected chi connectivity index (χ1v) is 11.3. The molecule has 32 heavy (non-hydrogen) atoms. The summed E-state index contributed by atoms with van der Waals surface area (Å²) in [5.74, 6) is 2.42. The molecule has 3 unspecified atom stereocenters. The van der Waals surface area contributed by atoms with Crippen molar-refractivity contribution >= 4 is 22.9 Å². The zero-order chi connectivity index (χ0) is 23.4. The summed E-state index contributed by atoms with van der Waals surface area (Å²) >= 11 is 0. The number of aromatic nitrogens is 2. The van der Waals surface area contributed by atoms with Gasteiger partial charge in [-0.25, -0.2) is 9.78 Å². The molecule has 0 aliphatic heterocycles. The number of carbonyl (C=O) groups is 2. The first-order chi connectivity index (χ1) is 15.2. The summed E-state index contributed by atoms with van der Waals surface area (Å²) in [6.07, 6.45) is 4.25. The van der Waals surface area contributed by atoms with Crippen LogP contribution >= 0.6 is 0 Å². The Hall–Kier alpha value is -2.67. The van der Waals surface area contributed by atoms with E-state index in [4.69, 9.17) is 9.72 Å². The highest BCUT2D eigenvalue weighted by Crippen LogP contribution is 2.38. The number of methoxy groups -OCH3 is 1. The minimum absolute atomic E-state index is 0.0688. The van der Waals surface area contributed by atoms with Crippen LogP contribution in [0.5, 0.6) is 0 Å². The van der Waals surface area contributed by atoms with E-state index in [1.807, 2.05) is 25.1 Å². The number of carbonyl (C=O) groups excluding carboxylic acids is 2. The van der Waals surface area contributed by atoms with Crippen LogP contribution in [0.2, 0.25) is 0 Å².